The fourth-order valence-corrected chi connectivity index (χ4v) is 4.83. The molecular formula is C29H36N4O5. The first-order chi connectivity index (χ1) is 18.3. The second-order valence-electron chi connectivity index (χ2n) is 9.76. The minimum atomic E-state index is -1.32. The number of H-pyrrole nitrogens is 1. The van der Waals surface area contributed by atoms with Gasteiger partial charge in [-0.1, -0.05) is 43.3 Å². The smallest absolute Gasteiger partial charge is 0.249 e. The number of imidazole rings is 1. The number of likely N-dealkylation sites (tertiary alicyclic amines) is 1. The van der Waals surface area contributed by atoms with Gasteiger partial charge in [0.05, 0.1) is 26.5 Å². The highest BCUT2D eigenvalue weighted by atomic mass is 16.5. The number of benzene rings is 2. The number of aliphatic hydroxyl groups is 1. The van der Waals surface area contributed by atoms with E-state index in [1.807, 2.05) is 49.4 Å². The van der Waals surface area contributed by atoms with E-state index in [9.17, 15) is 14.7 Å². The standard InChI is InChI=1S/C29H36N4O5/c1-4-13-38-29(24-8-6-5-7-20(24)2)17-33(18-29)28(36)25(14-21-9-11-23(37-3)12-10-21)32-27(35)26(34)15-22-16-30-19-31-22/h5-12,16,19,25-26,34H,4,13-15,17-18H2,1-3H3,(H,30,31)(H,32,35)/t25?,26-/m0/s1. The van der Waals surface area contributed by atoms with Gasteiger partial charge in [-0.2, -0.15) is 0 Å². The Morgan fingerprint density at radius 3 is 2.53 bits per heavy atom. The Hall–Kier alpha value is -3.69. The van der Waals surface area contributed by atoms with Crippen LogP contribution in [0.1, 0.15) is 35.7 Å². The Balaban J connectivity index is 1.51. The molecule has 2 atom stereocenters. The number of ether oxygens (including phenoxy) is 2. The summed E-state index contributed by atoms with van der Waals surface area (Å²) >= 11 is 0. The normalized spacial score (nSPS) is 15.8. The molecule has 38 heavy (non-hydrogen) atoms. The molecule has 0 saturated carbocycles. The predicted molar refractivity (Wildman–Crippen MR) is 143 cm³/mol. The number of nitrogens with one attached hydrogen (secondary N) is 2. The number of aryl methyl sites for hydroxylation is 1. The number of carbonyl (C=O) groups excluding carboxylic acids is 2. The lowest BCUT2D eigenvalue weighted by Gasteiger charge is -2.51. The first-order valence-electron chi connectivity index (χ1n) is 12.9. The zero-order valence-electron chi connectivity index (χ0n) is 22.1. The molecule has 0 radical (unpaired) electrons. The molecule has 9 nitrogen and oxygen atoms in total. The van der Waals surface area contributed by atoms with Crippen LogP contribution < -0.4 is 10.1 Å². The van der Waals surface area contributed by atoms with Crippen molar-refractivity contribution in [2.75, 3.05) is 26.8 Å². The number of rotatable bonds is 12. The Bertz CT molecular complexity index is 1210. The predicted octanol–water partition coefficient (Wildman–Crippen LogP) is 2.52. The van der Waals surface area contributed by atoms with E-state index in [0.29, 0.717) is 31.1 Å². The molecule has 9 heteroatoms. The molecule has 3 N–H and O–H groups in total. The molecule has 0 bridgehead atoms. The van der Waals surface area contributed by atoms with Crippen LogP contribution in [0.25, 0.3) is 0 Å². The molecule has 1 aromatic heterocycles. The molecule has 1 aliphatic heterocycles. The average Bonchev–Trinajstić information content (AvgIpc) is 3.41. The maximum Gasteiger partial charge on any atom is 0.249 e. The Kier molecular flexibility index (Phi) is 8.81. The van der Waals surface area contributed by atoms with Gasteiger partial charge in [0.15, 0.2) is 0 Å². The maximum absolute atomic E-state index is 13.7. The summed E-state index contributed by atoms with van der Waals surface area (Å²) in [5.41, 5.74) is 3.10. The highest BCUT2D eigenvalue weighted by Crippen LogP contribution is 2.38. The summed E-state index contributed by atoms with van der Waals surface area (Å²) < 4.78 is 11.6. The van der Waals surface area contributed by atoms with Crippen molar-refractivity contribution in [3.05, 3.63) is 83.4 Å². The van der Waals surface area contributed by atoms with Crippen molar-refractivity contribution in [1.29, 1.82) is 0 Å². The first-order valence-corrected chi connectivity index (χ1v) is 12.9. The van der Waals surface area contributed by atoms with Crippen molar-refractivity contribution < 1.29 is 24.2 Å². The van der Waals surface area contributed by atoms with E-state index in [-0.39, 0.29) is 18.7 Å². The van der Waals surface area contributed by atoms with Crippen LogP contribution in [0.4, 0.5) is 0 Å². The number of hydrogen-bond acceptors (Lipinski definition) is 6. The minimum absolute atomic E-state index is 0.0697. The van der Waals surface area contributed by atoms with Gasteiger partial charge in [-0.25, -0.2) is 4.98 Å². The number of amides is 2. The molecule has 202 valence electrons. The Labute approximate surface area is 223 Å². The van der Waals surface area contributed by atoms with E-state index in [1.54, 1.807) is 18.2 Å². The van der Waals surface area contributed by atoms with Crippen molar-refractivity contribution in [2.45, 2.75) is 50.9 Å². The molecule has 1 saturated heterocycles. The van der Waals surface area contributed by atoms with Crippen molar-refractivity contribution in [3.63, 3.8) is 0 Å². The maximum atomic E-state index is 13.7. The second-order valence-corrected chi connectivity index (χ2v) is 9.76. The van der Waals surface area contributed by atoms with E-state index in [4.69, 9.17) is 9.47 Å². The van der Waals surface area contributed by atoms with Gasteiger partial charge < -0.3 is 29.8 Å². The number of aromatic nitrogens is 2. The van der Waals surface area contributed by atoms with Crippen LogP contribution in [-0.2, 0) is 32.8 Å². The van der Waals surface area contributed by atoms with Gasteiger partial charge in [0, 0.05) is 31.3 Å². The Morgan fingerprint density at radius 1 is 1.16 bits per heavy atom. The average molecular weight is 521 g/mol. The number of aliphatic hydroxyl groups excluding tert-OH is 1. The summed E-state index contributed by atoms with van der Waals surface area (Å²) in [5.74, 6) is -0.124. The summed E-state index contributed by atoms with van der Waals surface area (Å²) in [7, 11) is 1.59. The van der Waals surface area contributed by atoms with Crippen LogP contribution in [0, 0.1) is 6.92 Å². The van der Waals surface area contributed by atoms with Gasteiger partial charge in [0.2, 0.25) is 11.8 Å². The van der Waals surface area contributed by atoms with Crippen molar-refractivity contribution in [1.82, 2.24) is 20.2 Å². The monoisotopic (exact) mass is 520 g/mol. The molecule has 2 aromatic carbocycles. The fraction of sp³-hybridized carbons (Fsp3) is 0.414. The zero-order chi connectivity index (χ0) is 27.1. The third kappa shape index (κ3) is 6.23. The SMILES string of the molecule is CCCOC1(c2ccccc2C)CN(C(=O)C(Cc2ccc(OC)cc2)NC(=O)[C@@H](O)Cc2cnc[nH]2)C1. The quantitative estimate of drug-likeness (QED) is 0.338. The largest absolute Gasteiger partial charge is 0.497 e. The highest BCUT2D eigenvalue weighted by molar-refractivity contribution is 5.90. The molecule has 4 rings (SSSR count). The molecule has 0 aliphatic carbocycles. The molecule has 1 aliphatic rings. The lowest BCUT2D eigenvalue weighted by Crippen LogP contribution is -2.66. The number of hydrogen-bond donors (Lipinski definition) is 3. The van der Waals surface area contributed by atoms with Gasteiger partial charge in [0.25, 0.3) is 0 Å². The van der Waals surface area contributed by atoms with E-state index in [1.165, 1.54) is 6.33 Å². The van der Waals surface area contributed by atoms with E-state index < -0.39 is 23.7 Å². The van der Waals surface area contributed by atoms with Gasteiger partial charge >= 0.3 is 0 Å². The summed E-state index contributed by atoms with van der Waals surface area (Å²) in [5, 5.41) is 13.3. The van der Waals surface area contributed by atoms with E-state index in [2.05, 4.69) is 28.3 Å². The third-order valence-electron chi connectivity index (χ3n) is 6.91. The first kappa shape index (κ1) is 27.3. The van der Waals surface area contributed by atoms with Gasteiger partial charge in [-0.3, -0.25) is 9.59 Å². The molecule has 2 amide bonds. The van der Waals surface area contributed by atoms with Gasteiger partial charge in [-0.05, 0) is 42.2 Å². The second kappa shape index (κ2) is 12.2. The van der Waals surface area contributed by atoms with Gasteiger partial charge in [0.1, 0.15) is 23.5 Å². The number of carbonyl (C=O) groups is 2. The molecular weight excluding hydrogens is 484 g/mol. The molecule has 1 unspecified atom stereocenters. The van der Waals surface area contributed by atoms with Crippen LogP contribution >= 0.6 is 0 Å². The highest BCUT2D eigenvalue weighted by Gasteiger charge is 2.49. The number of nitrogens with zero attached hydrogens (tertiary/aromatic N) is 2. The number of methoxy groups -OCH3 is 1. The number of aromatic amines is 1. The summed E-state index contributed by atoms with van der Waals surface area (Å²) in [4.78, 5) is 35.2. The topological polar surface area (TPSA) is 117 Å². The van der Waals surface area contributed by atoms with Crippen molar-refractivity contribution >= 4 is 11.8 Å². The third-order valence-corrected chi connectivity index (χ3v) is 6.91. The molecule has 1 fully saturated rings. The van der Waals surface area contributed by atoms with E-state index >= 15 is 0 Å². The summed E-state index contributed by atoms with van der Waals surface area (Å²) in [6, 6.07) is 14.6. The Morgan fingerprint density at radius 2 is 1.89 bits per heavy atom. The van der Waals surface area contributed by atoms with Crippen molar-refractivity contribution in [3.8, 4) is 5.75 Å². The van der Waals surface area contributed by atoms with E-state index in [0.717, 1.165) is 23.1 Å². The van der Waals surface area contributed by atoms with Crippen LogP contribution in [0.3, 0.4) is 0 Å². The molecule has 2 heterocycles. The fourth-order valence-electron chi connectivity index (χ4n) is 4.83. The lowest BCUT2D eigenvalue weighted by atomic mass is 9.82. The van der Waals surface area contributed by atoms with Gasteiger partial charge in [-0.15, -0.1) is 0 Å². The lowest BCUT2D eigenvalue weighted by molar-refractivity contribution is -0.175. The summed E-state index contributed by atoms with van der Waals surface area (Å²) in [6.45, 7) is 5.47. The summed E-state index contributed by atoms with van der Waals surface area (Å²) in [6.07, 6.45) is 2.93. The zero-order valence-corrected chi connectivity index (χ0v) is 22.1. The molecule has 0 spiro atoms. The van der Waals surface area contributed by atoms with Crippen LogP contribution in [0.5, 0.6) is 5.75 Å². The minimum Gasteiger partial charge on any atom is -0.497 e. The van der Waals surface area contributed by atoms with Crippen LogP contribution in [0.15, 0.2) is 61.1 Å². The van der Waals surface area contributed by atoms with Crippen LogP contribution in [-0.4, -0.2) is 70.7 Å². The molecule has 3 aromatic rings. The van der Waals surface area contributed by atoms with Crippen molar-refractivity contribution in [2.24, 2.45) is 0 Å². The van der Waals surface area contributed by atoms with Crippen LogP contribution in [0.2, 0.25) is 0 Å².